The Labute approximate surface area is 149 Å². The molecule has 0 fully saturated rings. The van der Waals surface area contributed by atoms with E-state index in [1.54, 1.807) is 0 Å². The lowest BCUT2D eigenvalue weighted by Gasteiger charge is -2.21. The molecule has 3 rings (SSSR count). The Morgan fingerprint density at radius 3 is 2.80 bits per heavy atom. The Kier molecular flexibility index (Phi) is 4.66. The molecule has 2 aromatic rings. The lowest BCUT2D eigenvalue weighted by molar-refractivity contribution is 0.0523. The number of para-hydroxylation sites is 1. The molecule has 0 radical (unpaired) electrons. The smallest absolute Gasteiger partial charge is 0.407 e. The van der Waals surface area contributed by atoms with Crippen LogP contribution in [-0.2, 0) is 17.7 Å². The highest BCUT2D eigenvalue weighted by Crippen LogP contribution is 2.33. The van der Waals surface area contributed by atoms with Gasteiger partial charge in [0.1, 0.15) is 11.4 Å². The molecule has 1 aliphatic rings. The van der Waals surface area contributed by atoms with Crippen LogP contribution in [0.4, 0.5) is 16.3 Å². The van der Waals surface area contributed by atoms with E-state index in [0.717, 1.165) is 29.9 Å². The molecule has 0 saturated heterocycles. The number of nitrogens with zero attached hydrogens (tertiary/aromatic N) is 2. The van der Waals surface area contributed by atoms with Gasteiger partial charge in [-0.2, -0.15) is 0 Å². The number of aryl methyl sites for hydroxylation is 1. The number of rotatable bonds is 3. The van der Waals surface area contributed by atoms with E-state index in [0.29, 0.717) is 6.54 Å². The number of benzene rings is 1. The van der Waals surface area contributed by atoms with E-state index < -0.39 is 11.7 Å². The minimum absolute atomic E-state index is 0.407. The summed E-state index contributed by atoms with van der Waals surface area (Å²) in [6.45, 7) is 8.94. The largest absolute Gasteiger partial charge is 0.444 e. The van der Waals surface area contributed by atoms with E-state index in [4.69, 9.17) is 4.74 Å². The molecule has 0 aliphatic carbocycles. The van der Waals surface area contributed by atoms with Crippen molar-refractivity contribution in [3.8, 4) is 0 Å². The molecule has 1 amide bonds. The van der Waals surface area contributed by atoms with Gasteiger partial charge in [-0.3, -0.25) is 0 Å². The van der Waals surface area contributed by atoms with Crippen molar-refractivity contribution in [3.05, 3.63) is 53.2 Å². The highest BCUT2D eigenvalue weighted by molar-refractivity contribution is 5.69. The van der Waals surface area contributed by atoms with Gasteiger partial charge in [0.2, 0.25) is 0 Å². The van der Waals surface area contributed by atoms with Gasteiger partial charge in [-0.05, 0) is 62.9 Å². The van der Waals surface area contributed by atoms with Crippen LogP contribution in [0.2, 0.25) is 0 Å². The average molecular weight is 339 g/mol. The van der Waals surface area contributed by atoms with Crippen molar-refractivity contribution in [2.24, 2.45) is 0 Å². The lowest BCUT2D eigenvalue weighted by Crippen LogP contribution is -2.32. The molecule has 1 aromatic heterocycles. The first kappa shape index (κ1) is 17.3. The Morgan fingerprint density at radius 1 is 1.32 bits per heavy atom. The number of fused-ring (bicyclic) bond motifs is 1. The molecule has 1 N–H and O–H groups in total. The maximum absolute atomic E-state index is 11.8. The van der Waals surface area contributed by atoms with Gasteiger partial charge in [-0.15, -0.1) is 0 Å². The van der Waals surface area contributed by atoms with Crippen molar-refractivity contribution in [2.45, 2.75) is 46.3 Å². The van der Waals surface area contributed by atoms with E-state index in [9.17, 15) is 4.79 Å². The third-order valence-electron chi connectivity index (χ3n) is 4.19. The number of alkyl carbamates (subject to hydrolysis) is 1. The first-order valence-corrected chi connectivity index (χ1v) is 8.61. The lowest BCUT2D eigenvalue weighted by atomic mass is 10.1. The minimum atomic E-state index is -0.496. The summed E-state index contributed by atoms with van der Waals surface area (Å²) in [5.74, 6) is 0.948. The van der Waals surface area contributed by atoms with Gasteiger partial charge in [0.15, 0.2) is 0 Å². The van der Waals surface area contributed by atoms with E-state index >= 15 is 0 Å². The summed E-state index contributed by atoms with van der Waals surface area (Å²) in [6, 6.07) is 10.5. The molecule has 2 heterocycles. The van der Waals surface area contributed by atoms with Gasteiger partial charge < -0.3 is 15.0 Å². The predicted molar refractivity (Wildman–Crippen MR) is 99.2 cm³/mol. The summed E-state index contributed by atoms with van der Waals surface area (Å²) in [5.41, 5.74) is 4.18. The van der Waals surface area contributed by atoms with Crippen LogP contribution in [0.15, 0.2) is 36.5 Å². The molecule has 0 unspecified atom stereocenters. The molecule has 0 atom stereocenters. The number of hydrogen-bond acceptors (Lipinski definition) is 4. The Balaban J connectivity index is 1.69. The van der Waals surface area contributed by atoms with Crippen LogP contribution in [0, 0.1) is 6.92 Å². The Bertz CT molecular complexity index is 781. The summed E-state index contributed by atoms with van der Waals surface area (Å²) in [7, 11) is 0. The van der Waals surface area contributed by atoms with Crippen molar-refractivity contribution in [1.29, 1.82) is 0 Å². The zero-order valence-corrected chi connectivity index (χ0v) is 15.3. The van der Waals surface area contributed by atoms with Crippen LogP contribution >= 0.6 is 0 Å². The third-order valence-corrected chi connectivity index (χ3v) is 4.19. The van der Waals surface area contributed by atoms with Crippen LogP contribution < -0.4 is 10.2 Å². The fraction of sp³-hybridized carbons (Fsp3) is 0.400. The number of nitrogens with one attached hydrogen (secondary N) is 1. The zero-order chi connectivity index (χ0) is 18.0. The van der Waals surface area contributed by atoms with Crippen molar-refractivity contribution < 1.29 is 9.53 Å². The summed E-state index contributed by atoms with van der Waals surface area (Å²) < 4.78 is 5.26. The molecular formula is C20H25N3O2. The van der Waals surface area contributed by atoms with Crippen molar-refractivity contribution in [2.75, 3.05) is 11.4 Å². The third kappa shape index (κ3) is 4.10. The van der Waals surface area contributed by atoms with Crippen molar-refractivity contribution in [3.63, 3.8) is 0 Å². The van der Waals surface area contributed by atoms with Crippen LogP contribution in [-0.4, -0.2) is 23.2 Å². The van der Waals surface area contributed by atoms with Crippen LogP contribution in [0.25, 0.3) is 0 Å². The first-order valence-electron chi connectivity index (χ1n) is 8.61. The second-order valence-electron chi connectivity index (χ2n) is 7.35. The normalized spacial score (nSPS) is 13.5. The summed E-state index contributed by atoms with van der Waals surface area (Å²) in [5, 5.41) is 2.79. The van der Waals surface area contributed by atoms with Crippen molar-refractivity contribution in [1.82, 2.24) is 10.3 Å². The number of ether oxygens (including phenoxy) is 1. The standard InChI is InChI=1S/C20H25N3O2/c1-14-11-18(23-10-9-15-7-5-6-8-17(15)23)21-12-16(14)13-22-19(24)25-20(2,3)4/h5-8,11-12H,9-10,13H2,1-4H3,(H,22,24). The topological polar surface area (TPSA) is 54.5 Å². The summed E-state index contributed by atoms with van der Waals surface area (Å²) in [4.78, 5) is 18.6. The van der Waals surface area contributed by atoms with Crippen LogP contribution in [0.3, 0.4) is 0 Å². The monoisotopic (exact) mass is 339 g/mol. The Morgan fingerprint density at radius 2 is 2.08 bits per heavy atom. The first-order chi connectivity index (χ1) is 11.8. The summed E-state index contributed by atoms with van der Waals surface area (Å²) >= 11 is 0. The van der Waals surface area contributed by atoms with E-state index in [2.05, 4.69) is 45.5 Å². The van der Waals surface area contributed by atoms with E-state index in [1.165, 1.54) is 11.3 Å². The number of amides is 1. The second-order valence-corrected chi connectivity index (χ2v) is 7.35. The summed E-state index contributed by atoms with van der Waals surface area (Å²) in [6.07, 6.45) is 2.46. The fourth-order valence-electron chi connectivity index (χ4n) is 2.96. The zero-order valence-electron chi connectivity index (χ0n) is 15.3. The predicted octanol–water partition coefficient (Wildman–Crippen LogP) is 4.11. The number of hydrogen-bond donors (Lipinski definition) is 1. The highest BCUT2D eigenvalue weighted by Gasteiger charge is 2.21. The van der Waals surface area contributed by atoms with Gasteiger partial charge in [-0.25, -0.2) is 9.78 Å². The minimum Gasteiger partial charge on any atom is -0.444 e. The molecule has 5 nitrogen and oxygen atoms in total. The van der Waals surface area contributed by atoms with Gasteiger partial charge in [0, 0.05) is 25.0 Å². The van der Waals surface area contributed by atoms with Gasteiger partial charge in [0.25, 0.3) is 0 Å². The van der Waals surface area contributed by atoms with Gasteiger partial charge in [-0.1, -0.05) is 18.2 Å². The molecule has 5 heteroatoms. The number of carbonyl (C=O) groups is 1. The molecule has 0 saturated carbocycles. The quantitative estimate of drug-likeness (QED) is 0.914. The maximum Gasteiger partial charge on any atom is 0.407 e. The molecular weight excluding hydrogens is 314 g/mol. The molecule has 0 bridgehead atoms. The van der Waals surface area contributed by atoms with Crippen LogP contribution in [0.5, 0.6) is 0 Å². The van der Waals surface area contributed by atoms with Gasteiger partial charge in [0.05, 0.1) is 0 Å². The average Bonchev–Trinajstić information content (AvgIpc) is 2.96. The second kappa shape index (κ2) is 6.75. The van der Waals surface area contributed by atoms with E-state index in [1.807, 2.05) is 33.9 Å². The number of pyridine rings is 1. The molecule has 1 aliphatic heterocycles. The van der Waals surface area contributed by atoms with Gasteiger partial charge >= 0.3 is 6.09 Å². The molecule has 1 aromatic carbocycles. The molecule has 132 valence electrons. The maximum atomic E-state index is 11.8. The van der Waals surface area contributed by atoms with E-state index in [-0.39, 0.29) is 0 Å². The molecule has 25 heavy (non-hydrogen) atoms. The number of carbonyl (C=O) groups excluding carboxylic acids is 1. The number of aromatic nitrogens is 1. The van der Waals surface area contributed by atoms with Crippen molar-refractivity contribution >= 4 is 17.6 Å². The number of anilines is 2. The molecule has 0 spiro atoms. The Hall–Kier alpha value is -2.56. The highest BCUT2D eigenvalue weighted by atomic mass is 16.6. The fourth-order valence-corrected chi connectivity index (χ4v) is 2.96. The van der Waals surface area contributed by atoms with Crippen LogP contribution in [0.1, 0.15) is 37.5 Å². The SMILES string of the molecule is Cc1cc(N2CCc3ccccc32)ncc1CNC(=O)OC(C)(C)C.